The SMILES string of the molecule is CC1(C)c2cccc(Cl)c2-c2sc3ccccc3c21. The minimum atomic E-state index is 0.0369. The van der Waals surface area contributed by atoms with Crippen LogP contribution in [0.5, 0.6) is 0 Å². The molecule has 2 heteroatoms. The van der Waals surface area contributed by atoms with Crippen LogP contribution >= 0.6 is 22.9 Å². The van der Waals surface area contributed by atoms with Gasteiger partial charge in [0.05, 0.1) is 0 Å². The molecule has 0 atom stereocenters. The average Bonchev–Trinajstić information content (AvgIpc) is 2.86. The molecule has 0 radical (unpaired) electrons. The molecule has 0 saturated carbocycles. The Morgan fingerprint density at radius 3 is 2.63 bits per heavy atom. The number of benzene rings is 2. The summed E-state index contributed by atoms with van der Waals surface area (Å²) in [5.41, 5.74) is 4.07. The van der Waals surface area contributed by atoms with E-state index in [0.717, 1.165) is 5.02 Å². The fourth-order valence-corrected chi connectivity index (χ4v) is 5.01. The summed E-state index contributed by atoms with van der Waals surface area (Å²) in [5.74, 6) is 0. The summed E-state index contributed by atoms with van der Waals surface area (Å²) in [5, 5.41) is 2.25. The summed E-state index contributed by atoms with van der Waals surface area (Å²) in [6.45, 7) is 4.60. The Labute approximate surface area is 121 Å². The zero-order chi connectivity index (χ0) is 13.2. The van der Waals surface area contributed by atoms with Gasteiger partial charge >= 0.3 is 0 Å². The smallest absolute Gasteiger partial charge is 0.0495 e. The molecule has 3 aromatic rings. The fraction of sp³-hybridized carbons (Fsp3) is 0.176. The maximum Gasteiger partial charge on any atom is 0.0495 e. The molecule has 0 bridgehead atoms. The summed E-state index contributed by atoms with van der Waals surface area (Å²) in [7, 11) is 0. The zero-order valence-corrected chi connectivity index (χ0v) is 12.4. The highest BCUT2D eigenvalue weighted by atomic mass is 35.5. The average molecular weight is 285 g/mol. The van der Waals surface area contributed by atoms with Crippen LogP contribution in [0.2, 0.25) is 5.02 Å². The summed E-state index contributed by atoms with van der Waals surface area (Å²) in [6, 6.07) is 14.9. The van der Waals surface area contributed by atoms with Crippen LogP contribution in [0, 0.1) is 0 Å². The van der Waals surface area contributed by atoms with E-state index in [-0.39, 0.29) is 5.41 Å². The Hall–Kier alpha value is -1.31. The van der Waals surface area contributed by atoms with Crippen molar-refractivity contribution in [3.05, 3.63) is 58.6 Å². The van der Waals surface area contributed by atoms with E-state index in [1.54, 1.807) is 0 Å². The van der Waals surface area contributed by atoms with E-state index in [2.05, 4.69) is 50.2 Å². The summed E-state index contributed by atoms with van der Waals surface area (Å²) in [6.07, 6.45) is 0. The van der Waals surface area contributed by atoms with E-state index in [4.69, 9.17) is 11.6 Å². The lowest BCUT2D eigenvalue weighted by Gasteiger charge is -2.21. The second-order valence-electron chi connectivity index (χ2n) is 5.59. The number of halogens is 1. The van der Waals surface area contributed by atoms with Gasteiger partial charge in [-0.2, -0.15) is 0 Å². The van der Waals surface area contributed by atoms with Gasteiger partial charge in [0.15, 0.2) is 0 Å². The largest absolute Gasteiger partial charge is 0.135 e. The number of hydrogen-bond donors (Lipinski definition) is 0. The van der Waals surface area contributed by atoms with Crippen molar-refractivity contribution >= 4 is 33.0 Å². The van der Waals surface area contributed by atoms with Crippen LogP contribution in [0.4, 0.5) is 0 Å². The van der Waals surface area contributed by atoms with Gasteiger partial charge in [0.1, 0.15) is 0 Å². The summed E-state index contributed by atoms with van der Waals surface area (Å²) in [4.78, 5) is 1.35. The first-order chi connectivity index (χ1) is 9.10. The normalized spacial score (nSPS) is 15.5. The molecule has 0 unspecified atom stereocenters. The maximum atomic E-state index is 6.46. The quantitative estimate of drug-likeness (QED) is 0.485. The van der Waals surface area contributed by atoms with E-state index in [0.29, 0.717) is 0 Å². The first kappa shape index (κ1) is 11.5. The fourth-order valence-electron chi connectivity index (χ4n) is 3.25. The van der Waals surface area contributed by atoms with E-state index in [1.807, 2.05) is 17.4 Å². The van der Waals surface area contributed by atoms with E-state index >= 15 is 0 Å². The molecule has 0 aliphatic heterocycles. The van der Waals surface area contributed by atoms with Gasteiger partial charge in [-0.05, 0) is 28.6 Å². The molecule has 0 fully saturated rings. The van der Waals surface area contributed by atoms with E-state index < -0.39 is 0 Å². The molecule has 4 rings (SSSR count). The Morgan fingerprint density at radius 2 is 1.79 bits per heavy atom. The number of fused-ring (bicyclic) bond motifs is 5. The molecular weight excluding hydrogens is 272 g/mol. The molecular formula is C17H13ClS. The molecule has 1 aliphatic rings. The van der Waals surface area contributed by atoms with Crippen molar-refractivity contribution in [3.63, 3.8) is 0 Å². The van der Waals surface area contributed by atoms with E-state index in [9.17, 15) is 0 Å². The minimum absolute atomic E-state index is 0.0369. The monoisotopic (exact) mass is 284 g/mol. The third kappa shape index (κ3) is 1.35. The van der Waals surface area contributed by atoms with Crippen LogP contribution < -0.4 is 0 Å². The van der Waals surface area contributed by atoms with Crippen LogP contribution in [-0.4, -0.2) is 0 Å². The van der Waals surface area contributed by atoms with Crippen molar-refractivity contribution in [2.75, 3.05) is 0 Å². The molecule has 2 aromatic carbocycles. The van der Waals surface area contributed by atoms with Crippen molar-refractivity contribution < 1.29 is 0 Å². The molecule has 0 spiro atoms. The lowest BCUT2D eigenvalue weighted by atomic mass is 9.81. The van der Waals surface area contributed by atoms with Crippen molar-refractivity contribution in [2.24, 2.45) is 0 Å². The highest BCUT2D eigenvalue weighted by Crippen LogP contribution is 2.56. The van der Waals surface area contributed by atoms with Crippen LogP contribution in [-0.2, 0) is 5.41 Å². The Kier molecular flexibility index (Phi) is 2.19. The molecule has 94 valence electrons. The molecule has 0 amide bonds. The van der Waals surface area contributed by atoms with Crippen LogP contribution in [0.25, 0.3) is 20.5 Å². The predicted molar refractivity (Wildman–Crippen MR) is 84.4 cm³/mol. The van der Waals surface area contributed by atoms with Gasteiger partial charge in [0, 0.05) is 25.6 Å². The zero-order valence-electron chi connectivity index (χ0n) is 10.8. The third-order valence-electron chi connectivity index (χ3n) is 4.13. The summed E-state index contributed by atoms with van der Waals surface area (Å²) >= 11 is 8.32. The molecule has 0 saturated heterocycles. The number of rotatable bonds is 0. The van der Waals surface area contributed by atoms with Crippen LogP contribution in [0.15, 0.2) is 42.5 Å². The standard InChI is InChI=1S/C17H13ClS/c1-17(2)11-7-5-8-12(18)14(11)16-15(17)10-6-3-4-9-13(10)19-16/h3-9H,1-2H3. The Bertz CT molecular complexity index is 811. The highest BCUT2D eigenvalue weighted by Gasteiger charge is 2.39. The number of hydrogen-bond acceptors (Lipinski definition) is 1. The highest BCUT2D eigenvalue weighted by molar-refractivity contribution is 7.22. The lowest BCUT2D eigenvalue weighted by molar-refractivity contribution is 0.667. The molecule has 1 heterocycles. The van der Waals surface area contributed by atoms with Gasteiger partial charge in [-0.15, -0.1) is 11.3 Å². The molecule has 1 aliphatic carbocycles. The third-order valence-corrected chi connectivity index (χ3v) is 5.64. The van der Waals surface area contributed by atoms with Crippen molar-refractivity contribution in [2.45, 2.75) is 19.3 Å². The van der Waals surface area contributed by atoms with Crippen molar-refractivity contribution in [1.29, 1.82) is 0 Å². The topological polar surface area (TPSA) is 0 Å². The van der Waals surface area contributed by atoms with Crippen molar-refractivity contribution in [3.8, 4) is 10.4 Å². The Balaban J connectivity index is 2.22. The van der Waals surface area contributed by atoms with Gasteiger partial charge in [-0.1, -0.05) is 55.8 Å². The van der Waals surface area contributed by atoms with Gasteiger partial charge in [-0.3, -0.25) is 0 Å². The van der Waals surface area contributed by atoms with Gasteiger partial charge < -0.3 is 0 Å². The van der Waals surface area contributed by atoms with Crippen LogP contribution in [0.1, 0.15) is 25.0 Å². The van der Waals surface area contributed by atoms with Gasteiger partial charge in [-0.25, -0.2) is 0 Å². The maximum absolute atomic E-state index is 6.46. The second kappa shape index (κ2) is 3.62. The molecule has 0 N–H and O–H groups in total. The van der Waals surface area contributed by atoms with Crippen LogP contribution in [0.3, 0.4) is 0 Å². The second-order valence-corrected chi connectivity index (χ2v) is 7.05. The number of thiophene rings is 1. The lowest BCUT2D eigenvalue weighted by Crippen LogP contribution is -2.14. The van der Waals surface area contributed by atoms with Gasteiger partial charge in [0.25, 0.3) is 0 Å². The molecule has 19 heavy (non-hydrogen) atoms. The van der Waals surface area contributed by atoms with Gasteiger partial charge in [0.2, 0.25) is 0 Å². The summed E-state index contributed by atoms with van der Waals surface area (Å²) < 4.78 is 1.35. The van der Waals surface area contributed by atoms with Crippen molar-refractivity contribution in [1.82, 2.24) is 0 Å². The first-order valence-corrected chi connectivity index (χ1v) is 7.61. The van der Waals surface area contributed by atoms with E-state index in [1.165, 1.54) is 31.7 Å². The molecule has 0 nitrogen and oxygen atoms in total. The predicted octanol–water partition coefficient (Wildman–Crippen LogP) is 5.86. The molecule has 1 aromatic heterocycles. The Morgan fingerprint density at radius 1 is 1.00 bits per heavy atom. The minimum Gasteiger partial charge on any atom is -0.135 e. The first-order valence-electron chi connectivity index (χ1n) is 6.42.